The molecule has 0 aliphatic rings. The Hall–Kier alpha value is -2.90. The van der Waals surface area contributed by atoms with Crippen LogP contribution >= 0.6 is 0 Å². The number of rotatable bonds is 5. The Morgan fingerprint density at radius 1 is 1.27 bits per heavy atom. The molecule has 0 spiro atoms. The van der Waals surface area contributed by atoms with Crippen molar-refractivity contribution >= 4 is 11.9 Å². The van der Waals surface area contributed by atoms with Crippen LogP contribution in [0.1, 0.15) is 26.7 Å². The van der Waals surface area contributed by atoms with Gasteiger partial charge in [0, 0.05) is 0 Å². The standard InChI is InChI=1S/C14H11F2NO5/c1-21-9-5-3-8(15)12(16)11(9)13(18)17-6-7-2-4-10(22-7)14(19)20/h2-5H,6H2,1H3,(H,17,18)(H,19,20). The van der Waals surface area contributed by atoms with Gasteiger partial charge in [-0.2, -0.15) is 0 Å². The van der Waals surface area contributed by atoms with Crippen molar-refractivity contribution in [2.45, 2.75) is 6.54 Å². The minimum atomic E-state index is -1.33. The molecule has 1 aromatic carbocycles. The van der Waals surface area contributed by atoms with Crippen LogP contribution in [0.25, 0.3) is 0 Å². The molecular weight excluding hydrogens is 300 g/mol. The van der Waals surface area contributed by atoms with E-state index < -0.39 is 29.1 Å². The van der Waals surface area contributed by atoms with Crippen molar-refractivity contribution in [1.82, 2.24) is 5.32 Å². The fourth-order valence-electron chi connectivity index (χ4n) is 1.76. The first-order chi connectivity index (χ1) is 10.4. The molecule has 0 unspecified atom stereocenters. The zero-order chi connectivity index (χ0) is 16.3. The molecule has 0 radical (unpaired) electrons. The van der Waals surface area contributed by atoms with Gasteiger partial charge in [0.1, 0.15) is 17.1 Å². The summed E-state index contributed by atoms with van der Waals surface area (Å²) in [6, 6.07) is 4.54. The van der Waals surface area contributed by atoms with Crippen LogP contribution in [0, 0.1) is 11.6 Å². The topological polar surface area (TPSA) is 88.8 Å². The molecule has 0 bridgehead atoms. The Balaban J connectivity index is 2.15. The highest BCUT2D eigenvalue weighted by atomic mass is 19.2. The number of carboxylic acids is 1. The van der Waals surface area contributed by atoms with Gasteiger partial charge in [-0.15, -0.1) is 0 Å². The van der Waals surface area contributed by atoms with Crippen LogP contribution in [-0.4, -0.2) is 24.1 Å². The second kappa shape index (κ2) is 6.25. The predicted octanol–water partition coefficient (Wildman–Crippen LogP) is 2.19. The van der Waals surface area contributed by atoms with E-state index in [-0.39, 0.29) is 23.8 Å². The van der Waals surface area contributed by atoms with E-state index in [0.717, 1.165) is 12.1 Å². The molecule has 0 aliphatic heterocycles. The van der Waals surface area contributed by atoms with E-state index in [1.54, 1.807) is 0 Å². The number of halogens is 2. The third kappa shape index (κ3) is 3.05. The van der Waals surface area contributed by atoms with Crippen LogP contribution in [0.15, 0.2) is 28.7 Å². The van der Waals surface area contributed by atoms with Gasteiger partial charge in [-0.05, 0) is 24.3 Å². The largest absolute Gasteiger partial charge is 0.496 e. The molecule has 0 fully saturated rings. The minimum absolute atomic E-state index is 0.123. The average molecular weight is 311 g/mol. The number of ether oxygens (including phenoxy) is 1. The lowest BCUT2D eigenvalue weighted by molar-refractivity contribution is 0.0660. The van der Waals surface area contributed by atoms with E-state index in [1.165, 1.54) is 19.2 Å². The Morgan fingerprint density at radius 3 is 2.59 bits per heavy atom. The fourth-order valence-corrected chi connectivity index (χ4v) is 1.76. The normalized spacial score (nSPS) is 10.3. The summed E-state index contributed by atoms with van der Waals surface area (Å²) >= 11 is 0. The monoisotopic (exact) mass is 311 g/mol. The number of hydrogen-bond acceptors (Lipinski definition) is 4. The maximum atomic E-state index is 13.7. The van der Waals surface area contributed by atoms with Crippen molar-refractivity contribution in [2.75, 3.05) is 7.11 Å². The van der Waals surface area contributed by atoms with Crippen molar-refractivity contribution in [1.29, 1.82) is 0 Å². The summed E-state index contributed by atoms with van der Waals surface area (Å²) in [6.07, 6.45) is 0. The lowest BCUT2D eigenvalue weighted by Crippen LogP contribution is -2.24. The first-order valence-corrected chi connectivity index (χ1v) is 6.06. The van der Waals surface area contributed by atoms with E-state index >= 15 is 0 Å². The molecular formula is C14H11F2NO5. The van der Waals surface area contributed by atoms with Gasteiger partial charge in [0.25, 0.3) is 5.91 Å². The molecule has 2 aromatic rings. The number of benzene rings is 1. The van der Waals surface area contributed by atoms with E-state index in [0.29, 0.717) is 0 Å². The number of amides is 1. The number of nitrogens with one attached hydrogen (secondary N) is 1. The molecule has 0 aliphatic carbocycles. The molecule has 116 valence electrons. The lowest BCUT2D eigenvalue weighted by Gasteiger charge is -2.10. The zero-order valence-electron chi connectivity index (χ0n) is 11.4. The maximum absolute atomic E-state index is 13.7. The number of aromatic carboxylic acids is 1. The lowest BCUT2D eigenvalue weighted by atomic mass is 10.1. The van der Waals surface area contributed by atoms with Gasteiger partial charge in [0.05, 0.1) is 13.7 Å². The fraction of sp³-hybridized carbons (Fsp3) is 0.143. The highest BCUT2D eigenvalue weighted by Gasteiger charge is 2.21. The van der Waals surface area contributed by atoms with E-state index in [4.69, 9.17) is 14.3 Å². The molecule has 1 heterocycles. The van der Waals surface area contributed by atoms with Crippen LogP contribution in [-0.2, 0) is 6.54 Å². The summed E-state index contributed by atoms with van der Waals surface area (Å²) in [6.45, 7) is -0.189. The van der Waals surface area contributed by atoms with Gasteiger partial charge >= 0.3 is 5.97 Å². The molecule has 22 heavy (non-hydrogen) atoms. The molecule has 0 saturated carbocycles. The minimum Gasteiger partial charge on any atom is -0.496 e. The summed E-state index contributed by atoms with van der Waals surface area (Å²) in [5.74, 6) is -4.94. The summed E-state index contributed by atoms with van der Waals surface area (Å²) in [5.41, 5.74) is -0.576. The number of methoxy groups -OCH3 is 1. The molecule has 0 saturated heterocycles. The third-order valence-electron chi connectivity index (χ3n) is 2.80. The quantitative estimate of drug-likeness (QED) is 0.883. The Labute approximate surface area is 123 Å². The predicted molar refractivity (Wildman–Crippen MR) is 69.7 cm³/mol. The maximum Gasteiger partial charge on any atom is 0.371 e. The molecule has 0 atom stereocenters. The van der Waals surface area contributed by atoms with Gasteiger partial charge in [0.15, 0.2) is 11.6 Å². The number of carbonyl (C=O) groups is 2. The number of carboxylic acid groups (broad SMARTS) is 1. The highest BCUT2D eigenvalue weighted by Crippen LogP contribution is 2.23. The van der Waals surface area contributed by atoms with Crippen LogP contribution in [0.4, 0.5) is 8.78 Å². The second-order valence-electron chi connectivity index (χ2n) is 4.19. The van der Waals surface area contributed by atoms with Crippen LogP contribution in [0.2, 0.25) is 0 Å². The van der Waals surface area contributed by atoms with Gasteiger partial charge in [-0.25, -0.2) is 13.6 Å². The summed E-state index contributed by atoms with van der Waals surface area (Å²) < 4.78 is 36.7. The van der Waals surface area contributed by atoms with Crippen molar-refractivity contribution in [3.63, 3.8) is 0 Å². The van der Waals surface area contributed by atoms with Crippen LogP contribution in [0.5, 0.6) is 5.75 Å². The highest BCUT2D eigenvalue weighted by molar-refractivity contribution is 5.97. The van der Waals surface area contributed by atoms with Gasteiger partial charge in [-0.3, -0.25) is 4.79 Å². The van der Waals surface area contributed by atoms with E-state index in [2.05, 4.69) is 5.32 Å². The van der Waals surface area contributed by atoms with Crippen molar-refractivity contribution in [3.8, 4) is 5.75 Å². The van der Waals surface area contributed by atoms with Gasteiger partial charge < -0.3 is 19.6 Å². The Morgan fingerprint density at radius 2 is 2.00 bits per heavy atom. The average Bonchev–Trinajstić information content (AvgIpc) is 2.96. The van der Waals surface area contributed by atoms with Crippen molar-refractivity contribution in [2.24, 2.45) is 0 Å². The van der Waals surface area contributed by atoms with Crippen molar-refractivity contribution in [3.05, 3.63) is 53.0 Å². The number of furan rings is 1. The molecule has 8 heteroatoms. The summed E-state index contributed by atoms with van der Waals surface area (Å²) in [5, 5.41) is 11.0. The summed E-state index contributed by atoms with van der Waals surface area (Å²) in [7, 11) is 1.22. The number of hydrogen-bond donors (Lipinski definition) is 2. The van der Waals surface area contributed by atoms with E-state index in [9.17, 15) is 18.4 Å². The smallest absolute Gasteiger partial charge is 0.371 e. The molecule has 1 aromatic heterocycles. The Bertz CT molecular complexity index is 726. The molecule has 6 nitrogen and oxygen atoms in total. The third-order valence-corrected chi connectivity index (χ3v) is 2.80. The molecule has 2 N–H and O–H groups in total. The van der Waals surface area contributed by atoms with E-state index in [1.807, 2.05) is 0 Å². The SMILES string of the molecule is COc1ccc(F)c(F)c1C(=O)NCc1ccc(C(=O)O)o1. The van der Waals surface area contributed by atoms with Gasteiger partial charge in [0.2, 0.25) is 5.76 Å². The zero-order valence-corrected chi connectivity index (χ0v) is 11.4. The first-order valence-electron chi connectivity index (χ1n) is 6.06. The van der Waals surface area contributed by atoms with Crippen molar-refractivity contribution < 1.29 is 32.6 Å². The Kier molecular flexibility index (Phi) is 4.40. The number of carbonyl (C=O) groups excluding carboxylic acids is 1. The van der Waals surface area contributed by atoms with Gasteiger partial charge in [-0.1, -0.05) is 0 Å². The van der Waals surface area contributed by atoms with Crippen LogP contribution < -0.4 is 10.1 Å². The first kappa shape index (κ1) is 15.5. The molecule has 1 amide bonds. The summed E-state index contributed by atoms with van der Waals surface area (Å²) in [4.78, 5) is 22.6. The molecule has 2 rings (SSSR count). The van der Waals surface area contributed by atoms with Crippen LogP contribution in [0.3, 0.4) is 0 Å². The second-order valence-corrected chi connectivity index (χ2v) is 4.19.